The first-order chi connectivity index (χ1) is 9.23. The molecule has 1 rings (SSSR count). The minimum atomic E-state index is -3.46. The molecule has 0 fully saturated rings. The molecule has 20 heavy (non-hydrogen) atoms. The van der Waals surface area contributed by atoms with Crippen LogP contribution in [0.4, 0.5) is 5.82 Å². The number of aryl methyl sites for hydroxylation is 1. The quantitative estimate of drug-likeness (QED) is 0.516. The number of nitrogens with zero attached hydrogens (tertiary/aromatic N) is 4. The molecular formula is C10H19N5O4S. The van der Waals surface area contributed by atoms with Gasteiger partial charge in [0.05, 0.1) is 0 Å². The van der Waals surface area contributed by atoms with Gasteiger partial charge < -0.3 is 15.0 Å². The summed E-state index contributed by atoms with van der Waals surface area (Å²) in [5, 5.41) is 10.8. The fourth-order valence-electron chi connectivity index (χ4n) is 1.59. The molecule has 10 heteroatoms. The summed E-state index contributed by atoms with van der Waals surface area (Å²) in [6.45, 7) is 2.49. The second-order valence-electron chi connectivity index (χ2n) is 4.59. The minimum Gasteiger partial charge on any atom is -0.358 e. The smallest absolute Gasteiger partial charge is 0.342 e. The molecule has 0 saturated heterocycles. The highest BCUT2D eigenvalue weighted by Gasteiger charge is 2.20. The van der Waals surface area contributed by atoms with Crippen molar-refractivity contribution >= 4 is 15.8 Å². The summed E-state index contributed by atoms with van der Waals surface area (Å²) in [5.74, 6) is -0.00968. The van der Waals surface area contributed by atoms with Gasteiger partial charge in [0.25, 0.3) is 0 Å². The fourth-order valence-corrected chi connectivity index (χ4v) is 2.56. The van der Waals surface area contributed by atoms with Crippen molar-refractivity contribution in [1.29, 1.82) is 0 Å². The number of imidazole rings is 1. The largest absolute Gasteiger partial charge is 0.358 e. The first kappa shape index (κ1) is 16.5. The number of rotatable bonds is 8. The third kappa shape index (κ3) is 4.87. The van der Waals surface area contributed by atoms with Gasteiger partial charge in [-0.3, -0.25) is 0 Å². The molecule has 1 aromatic rings. The number of aromatic nitrogens is 2. The molecule has 114 valence electrons. The fraction of sp³-hybridized carbons (Fsp3) is 0.700. The van der Waals surface area contributed by atoms with Crippen molar-refractivity contribution in [2.45, 2.75) is 13.5 Å². The van der Waals surface area contributed by atoms with Crippen LogP contribution in [0.3, 0.4) is 0 Å². The topological polar surface area (TPSA) is 110 Å². The third-order valence-electron chi connectivity index (χ3n) is 2.69. The van der Waals surface area contributed by atoms with Crippen molar-refractivity contribution in [3.8, 4) is 0 Å². The number of hydrogen-bond donors (Lipinski definition) is 1. The molecule has 0 amide bonds. The van der Waals surface area contributed by atoms with Gasteiger partial charge in [0.1, 0.15) is 18.5 Å². The zero-order chi connectivity index (χ0) is 15.3. The lowest BCUT2D eigenvalue weighted by Crippen LogP contribution is -2.34. The van der Waals surface area contributed by atoms with Crippen LogP contribution >= 0.6 is 0 Å². The van der Waals surface area contributed by atoms with E-state index in [4.69, 9.17) is 0 Å². The normalized spacial score (nSPS) is 12.0. The molecule has 0 aliphatic carbocycles. The Hall–Kier alpha value is -1.52. The van der Waals surface area contributed by atoms with E-state index >= 15 is 0 Å². The minimum absolute atomic E-state index is 0.000551. The Kier molecular flexibility index (Phi) is 5.60. The zero-order valence-corrected chi connectivity index (χ0v) is 12.6. The lowest BCUT2D eigenvalue weighted by Gasteiger charge is -2.10. The van der Waals surface area contributed by atoms with Gasteiger partial charge in [-0.2, -0.15) is 0 Å². The van der Waals surface area contributed by atoms with Crippen LogP contribution in [0.5, 0.6) is 0 Å². The molecule has 0 radical (unpaired) electrons. The number of nitrogens with one attached hydrogen (secondary N) is 1. The summed E-state index contributed by atoms with van der Waals surface area (Å²) in [7, 11) is 0.219. The van der Waals surface area contributed by atoms with Crippen LogP contribution in [0.1, 0.15) is 5.82 Å². The van der Waals surface area contributed by atoms with Crippen LogP contribution < -0.4 is 4.72 Å². The highest BCUT2D eigenvalue weighted by molar-refractivity contribution is 7.89. The van der Waals surface area contributed by atoms with E-state index in [0.29, 0.717) is 18.9 Å². The zero-order valence-electron chi connectivity index (χ0n) is 11.7. The van der Waals surface area contributed by atoms with Gasteiger partial charge in [0.2, 0.25) is 10.0 Å². The summed E-state index contributed by atoms with van der Waals surface area (Å²) < 4.78 is 27.3. The molecule has 0 aromatic carbocycles. The van der Waals surface area contributed by atoms with Crippen LogP contribution in [-0.4, -0.2) is 60.7 Å². The monoisotopic (exact) mass is 305 g/mol. The number of sulfonamides is 1. The van der Waals surface area contributed by atoms with Crippen LogP contribution in [0.2, 0.25) is 0 Å². The predicted octanol–water partition coefficient (Wildman–Crippen LogP) is -0.419. The highest BCUT2D eigenvalue weighted by Crippen LogP contribution is 2.13. The highest BCUT2D eigenvalue weighted by atomic mass is 32.2. The maximum atomic E-state index is 11.8. The summed E-state index contributed by atoms with van der Waals surface area (Å²) in [6, 6.07) is 0. The molecule has 0 saturated carbocycles. The average Bonchev–Trinajstić information content (AvgIpc) is 2.67. The van der Waals surface area contributed by atoms with E-state index in [9.17, 15) is 18.5 Å². The second-order valence-corrected chi connectivity index (χ2v) is 6.52. The molecule has 0 aliphatic rings. The van der Waals surface area contributed by atoms with Gasteiger partial charge in [0, 0.05) is 20.0 Å². The van der Waals surface area contributed by atoms with E-state index in [1.165, 1.54) is 4.57 Å². The van der Waals surface area contributed by atoms with Crippen molar-refractivity contribution in [2.75, 3.05) is 32.9 Å². The summed E-state index contributed by atoms with van der Waals surface area (Å²) in [6.07, 6.45) is 1.13. The molecule has 0 bridgehead atoms. The van der Waals surface area contributed by atoms with Gasteiger partial charge in [-0.1, -0.05) is 0 Å². The number of hydrogen-bond acceptors (Lipinski definition) is 6. The van der Waals surface area contributed by atoms with Gasteiger partial charge in [0.15, 0.2) is 5.82 Å². The second kappa shape index (κ2) is 6.77. The van der Waals surface area contributed by atoms with E-state index in [0.717, 1.165) is 6.20 Å². The summed E-state index contributed by atoms with van der Waals surface area (Å²) in [4.78, 5) is 15.9. The Bertz CT molecular complexity index is 566. The first-order valence-corrected chi connectivity index (χ1v) is 7.67. The Morgan fingerprint density at radius 3 is 2.70 bits per heavy atom. The average molecular weight is 305 g/mol. The van der Waals surface area contributed by atoms with Crippen molar-refractivity contribution in [3.05, 3.63) is 22.1 Å². The molecule has 0 aliphatic heterocycles. The Morgan fingerprint density at radius 2 is 2.15 bits per heavy atom. The van der Waals surface area contributed by atoms with Gasteiger partial charge in [-0.05, 0) is 19.0 Å². The Morgan fingerprint density at radius 1 is 1.50 bits per heavy atom. The maximum absolute atomic E-state index is 11.8. The lowest BCUT2D eigenvalue weighted by molar-refractivity contribution is -0.392. The van der Waals surface area contributed by atoms with Crippen LogP contribution in [0.15, 0.2) is 6.20 Å². The van der Waals surface area contributed by atoms with E-state index in [1.807, 2.05) is 19.0 Å². The Balaban J connectivity index is 2.62. The van der Waals surface area contributed by atoms with Gasteiger partial charge in [-0.25, -0.2) is 22.7 Å². The van der Waals surface area contributed by atoms with Crippen LogP contribution in [0.25, 0.3) is 0 Å². The molecule has 1 heterocycles. The van der Waals surface area contributed by atoms with E-state index in [-0.39, 0.29) is 18.1 Å². The van der Waals surface area contributed by atoms with E-state index in [1.54, 1.807) is 6.92 Å². The molecule has 0 unspecified atom stereocenters. The molecule has 0 atom stereocenters. The maximum Gasteiger partial charge on any atom is 0.342 e. The summed E-state index contributed by atoms with van der Waals surface area (Å²) in [5.41, 5.74) is 0. The molecule has 1 N–H and O–H groups in total. The lowest BCUT2D eigenvalue weighted by atomic mass is 10.6. The van der Waals surface area contributed by atoms with Crippen molar-refractivity contribution in [1.82, 2.24) is 19.2 Å². The SMILES string of the molecule is Cc1ncc([N+](=O)[O-])n1CCS(=O)(=O)NCCN(C)C. The molecular weight excluding hydrogens is 286 g/mol. The number of nitro groups is 1. The van der Waals surface area contributed by atoms with Gasteiger partial charge >= 0.3 is 5.82 Å². The Labute approximate surface area is 117 Å². The van der Waals surface area contributed by atoms with E-state index < -0.39 is 14.9 Å². The third-order valence-corrected chi connectivity index (χ3v) is 4.05. The molecule has 0 spiro atoms. The van der Waals surface area contributed by atoms with Crippen molar-refractivity contribution < 1.29 is 13.3 Å². The molecule has 9 nitrogen and oxygen atoms in total. The predicted molar refractivity (Wildman–Crippen MR) is 74.0 cm³/mol. The standard InChI is InChI=1S/C10H19N5O4S/c1-9-11-8-10(15(16)17)14(9)6-7-20(18,19)12-4-5-13(2)3/h8,12H,4-7H2,1-3H3. The van der Waals surface area contributed by atoms with E-state index in [2.05, 4.69) is 9.71 Å². The summed E-state index contributed by atoms with van der Waals surface area (Å²) >= 11 is 0. The van der Waals surface area contributed by atoms with Gasteiger partial charge in [-0.15, -0.1) is 0 Å². The van der Waals surface area contributed by atoms with Crippen molar-refractivity contribution in [3.63, 3.8) is 0 Å². The van der Waals surface area contributed by atoms with Crippen molar-refractivity contribution in [2.24, 2.45) is 0 Å². The van der Waals surface area contributed by atoms with Crippen LogP contribution in [0, 0.1) is 17.0 Å². The molecule has 1 aromatic heterocycles. The first-order valence-electron chi connectivity index (χ1n) is 6.01. The number of likely N-dealkylation sites (N-methyl/N-ethyl adjacent to an activating group) is 1. The van der Waals surface area contributed by atoms with Crippen LogP contribution in [-0.2, 0) is 16.6 Å².